The lowest BCUT2D eigenvalue weighted by atomic mass is 10.0. The molecule has 6 nitrogen and oxygen atoms in total. The highest BCUT2D eigenvalue weighted by Crippen LogP contribution is 2.32. The highest BCUT2D eigenvalue weighted by Gasteiger charge is 2.22. The van der Waals surface area contributed by atoms with Crippen LogP contribution in [0.25, 0.3) is 11.6 Å². The molecule has 1 aliphatic rings. The van der Waals surface area contributed by atoms with Crippen LogP contribution in [0.2, 0.25) is 0 Å². The van der Waals surface area contributed by atoms with E-state index in [1.54, 1.807) is 0 Å². The summed E-state index contributed by atoms with van der Waals surface area (Å²) in [6, 6.07) is 0. The summed E-state index contributed by atoms with van der Waals surface area (Å²) in [6.07, 6.45) is 7.29. The van der Waals surface area contributed by atoms with Crippen molar-refractivity contribution in [3.63, 3.8) is 0 Å². The van der Waals surface area contributed by atoms with Gasteiger partial charge < -0.3 is 10.6 Å². The van der Waals surface area contributed by atoms with Crippen LogP contribution in [0.3, 0.4) is 0 Å². The molecule has 0 radical (unpaired) electrons. The summed E-state index contributed by atoms with van der Waals surface area (Å²) in [7, 11) is 0. The van der Waals surface area contributed by atoms with Crippen molar-refractivity contribution < 1.29 is 0 Å². The molecule has 3 rings (SSSR count). The Morgan fingerprint density at radius 3 is 2.70 bits per heavy atom. The van der Waals surface area contributed by atoms with Crippen molar-refractivity contribution in [3.8, 4) is 0 Å². The number of likely N-dealkylation sites (N-methyl/N-ethyl adjacent to an activating group) is 1. The average molecular weight is 268 g/mol. The van der Waals surface area contributed by atoms with Crippen molar-refractivity contribution in [1.29, 1.82) is 0 Å². The fourth-order valence-corrected chi connectivity index (χ4v) is 2.40. The maximum Gasteiger partial charge on any atom is 0.222 e. The van der Waals surface area contributed by atoms with Crippen LogP contribution in [0.1, 0.15) is 23.7 Å². The lowest BCUT2D eigenvalue weighted by Crippen LogP contribution is -2.30. The molecule has 6 heteroatoms. The zero-order valence-electron chi connectivity index (χ0n) is 11.5. The van der Waals surface area contributed by atoms with Crippen molar-refractivity contribution in [2.75, 3.05) is 23.7 Å². The molecular formula is C14H16N6. The molecule has 0 unspecified atom stereocenters. The summed E-state index contributed by atoms with van der Waals surface area (Å²) in [5, 5.41) is 0. The second kappa shape index (κ2) is 4.88. The van der Waals surface area contributed by atoms with E-state index in [1.165, 1.54) is 6.33 Å². The molecule has 2 N–H and O–H groups in total. The molecule has 3 heterocycles. The molecule has 0 saturated heterocycles. The predicted octanol–water partition coefficient (Wildman–Crippen LogP) is 1.54. The Bertz CT molecular complexity index is 665. The first-order valence-electron chi connectivity index (χ1n) is 6.54. The zero-order valence-corrected chi connectivity index (χ0v) is 11.5. The van der Waals surface area contributed by atoms with Crippen LogP contribution in [0.5, 0.6) is 0 Å². The number of hydrogen-bond donors (Lipinski definition) is 1. The zero-order chi connectivity index (χ0) is 14.1. The van der Waals surface area contributed by atoms with Crippen LogP contribution >= 0.6 is 0 Å². The topological polar surface area (TPSA) is 80.8 Å². The largest absolute Gasteiger partial charge is 0.368 e. The molecular weight excluding hydrogens is 252 g/mol. The minimum absolute atomic E-state index is 0.319. The average Bonchev–Trinajstić information content (AvgIpc) is 2.47. The van der Waals surface area contributed by atoms with Gasteiger partial charge in [0.05, 0.1) is 5.69 Å². The van der Waals surface area contributed by atoms with Gasteiger partial charge in [0.15, 0.2) is 0 Å². The lowest BCUT2D eigenvalue weighted by molar-refractivity contribution is 0.871. The first kappa shape index (κ1) is 12.5. The Morgan fingerprint density at radius 1 is 1.25 bits per heavy atom. The summed E-state index contributed by atoms with van der Waals surface area (Å²) < 4.78 is 0. The molecule has 2 aromatic rings. The Labute approximate surface area is 117 Å². The maximum atomic E-state index is 5.76. The Kier molecular flexibility index (Phi) is 3.06. The third-order valence-corrected chi connectivity index (χ3v) is 3.43. The monoisotopic (exact) mass is 268 g/mol. The van der Waals surface area contributed by atoms with Gasteiger partial charge in [-0.1, -0.05) is 0 Å². The first-order valence-corrected chi connectivity index (χ1v) is 6.54. The van der Waals surface area contributed by atoms with Gasteiger partial charge in [0.1, 0.15) is 12.1 Å². The SMILES string of the molecule is CCN1CC(c2cncnc2)=Cc2c(C)nc(N)nc21. The van der Waals surface area contributed by atoms with E-state index in [1.807, 2.05) is 19.3 Å². The molecule has 0 aromatic carbocycles. The standard InChI is InChI=1S/C14H16N6/c1-3-20-7-10(11-5-16-8-17-6-11)4-12-9(2)18-14(15)19-13(12)20/h4-6,8H,3,7H2,1-2H3,(H2,15,18,19). The number of fused-ring (bicyclic) bond motifs is 1. The number of nitrogen functional groups attached to an aromatic ring is 1. The molecule has 0 amide bonds. The highest BCUT2D eigenvalue weighted by atomic mass is 15.2. The van der Waals surface area contributed by atoms with E-state index in [0.717, 1.165) is 41.3 Å². The van der Waals surface area contributed by atoms with E-state index >= 15 is 0 Å². The third kappa shape index (κ3) is 2.09. The van der Waals surface area contributed by atoms with Crippen LogP contribution < -0.4 is 10.6 Å². The third-order valence-electron chi connectivity index (χ3n) is 3.43. The van der Waals surface area contributed by atoms with Gasteiger partial charge in [0.2, 0.25) is 5.95 Å². The minimum Gasteiger partial charge on any atom is -0.368 e. The Morgan fingerprint density at radius 2 is 2.00 bits per heavy atom. The second-order valence-electron chi connectivity index (χ2n) is 4.72. The van der Waals surface area contributed by atoms with E-state index in [2.05, 4.69) is 37.8 Å². The molecule has 102 valence electrons. The van der Waals surface area contributed by atoms with Crippen molar-refractivity contribution >= 4 is 23.4 Å². The summed E-state index contributed by atoms with van der Waals surface area (Å²) in [5.41, 5.74) is 9.85. The van der Waals surface area contributed by atoms with Gasteiger partial charge in [0, 0.05) is 36.6 Å². The molecule has 0 fully saturated rings. The van der Waals surface area contributed by atoms with Crippen molar-refractivity contribution in [2.45, 2.75) is 13.8 Å². The van der Waals surface area contributed by atoms with Gasteiger partial charge in [-0.15, -0.1) is 0 Å². The molecule has 0 aliphatic carbocycles. The number of aromatic nitrogens is 4. The molecule has 20 heavy (non-hydrogen) atoms. The lowest BCUT2D eigenvalue weighted by Gasteiger charge is -2.29. The number of hydrogen-bond acceptors (Lipinski definition) is 6. The smallest absolute Gasteiger partial charge is 0.222 e. The summed E-state index contributed by atoms with van der Waals surface area (Å²) in [4.78, 5) is 19.0. The van der Waals surface area contributed by atoms with Gasteiger partial charge in [0.25, 0.3) is 0 Å². The Hall–Kier alpha value is -2.50. The van der Waals surface area contributed by atoms with Gasteiger partial charge in [-0.3, -0.25) is 0 Å². The van der Waals surface area contributed by atoms with Crippen LogP contribution in [-0.2, 0) is 0 Å². The van der Waals surface area contributed by atoms with Gasteiger partial charge >= 0.3 is 0 Å². The first-order chi connectivity index (χ1) is 9.69. The van der Waals surface area contributed by atoms with Crippen LogP contribution in [0.4, 0.5) is 11.8 Å². The quantitative estimate of drug-likeness (QED) is 0.889. The maximum absolute atomic E-state index is 5.76. The number of aryl methyl sites for hydroxylation is 1. The number of anilines is 2. The van der Waals surface area contributed by atoms with E-state index in [4.69, 9.17) is 5.73 Å². The van der Waals surface area contributed by atoms with Gasteiger partial charge in [-0.2, -0.15) is 4.98 Å². The fraction of sp³-hybridized carbons (Fsp3) is 0.286. The molecule has 1 aliphatic heterocycles. The number of nitrogens with zero attached hydrogens (tertiary/aromatic N) is 5. The van der Waals surface area contributed by atoms with E-state index in [9.17, 15) is 0 Å². The normalized spacial score (nSPS) is 13.9. The van der Waals surface area contributed by atoms with E-state index in [-0.39, 0.29) is 0 Å². The van der Waals surface area contributed by atoms with Crippen LogP contribution in [0, 0.1) is 6.92 Å². The van der Waals surface area contributed by atoms with Crippen molar-refractivity contribution in [3.05, 3.63) is 35.5 Å². The fourth-order valence-electron chi connectivity index (χ4n) is 2.40. The molecule has 0 bridgehead atoms. The van der Waals surface area contributed by atoms with E-state index < -0.39 is 0 Å². The highest BCUT2D eigenvalue weighted by molar-refractivity contribution is 5.90. The summed E-state index contributed by atoms with van der Waals surface area (Å²) >= 11 is 0. The van der Waals surface area contributed by atoms with Crippen molar-refractivity contribution in [1.82, 2.24) is 19.9 Å². The molecule has 0 atom stereocenters. The number of rotatable bonds is 2. The van der Waals surface area contributed by atoms with Crippen molar-refractivity contribution in [2.24, 2.45) is 0 Å². The Balaban J connectivity index is 2.15. The van der Waals surface area contributed by atoms with Gasteiger partial charge in [-0.05, 0) is 25.5 Å². The predicted molar refractivity (Wildman–Crippen MR) is 79.0 cm³/mol. The second-order valence-corrected chi connectivity index (χ2v) is 4.72. The molecule has 0 saturated carbocycles. The van der Waals surface area contributed by atoms with Crippen LogP contribution in [0.15, 0.2) is 18.7 Å². The molecule has 0 spiro atoms. The summed E-state index contributed by atoms with van der Waals surface area (Å²) in [5.74, 6) is 1.22. The minimum atomic E-state index is 0.319. The summed E-state index contributed by atoms with van der Waals surface area (Å²) in [6.45, 7) is 5.67. The number of nitrogens with two attached hydrogens (primary N) is 1. The van der Waals surface area contributed by atoms with Gasteiger partial charge in [-0.25, -0.2) is 15.0 Å². The molecule has 2 aromatic heterocycles. The van der Waals surface area contributed by atoms with E-state index in [0.29, 0.717) is 5.95 Å². The van der Waals surface area contributed by atoms with Crippen LogP contribution in [-0.4, -0.2) is 33.0 Å².